The molecule has 0 saturated heterocycles. The van der Waals surface area contributed by atoms with Crippen molar-refractivity contribution in [3.8, 4) is 17.1 Å². The number of aromatic nitrogens is 4. The van der Waals surface area contributed by atoms with Crippen LogP contribution in [-0.2, 0) is 6.42 Å². The van der Waals surface area contributed by atoms with Crippen molar-refractivity contribution >= 4 is 22.6 Å². The Morgan fingerprint density at radius 3 is 2.97 bits per heavy atom. The predicted octanol–water partition coefficient (Wildman–Crippen LogP) is 3.86. The van der Waals surface area contributed by atoms with Crippen molar-refractivity contribution in [1.29, 1.82) is 0 Å². The van der Waals surface area contributed by atoms with Gasteiger partial charge in [0.25, 0.3) is 0 Å². The van der Waals surface area contributed by atoms with Crippen molar-refractivity contribution in [3.05, 3.63) is 69.6 Å². The van der Waals surface area contributed by atoms with Crippen LogP contribution in [0.1, 0.15) is 30.2 Å². The number of aromatic amines is 1. The topological polar surface area (TPSA) is 93.9 Å². The summed E-state index contributed by atoms with van der Waals surface area (Å²) < 4.78 is 11.7. The summed E-state index contributed by atoms with van der Waals surface area (Å²) in [7, 11) is 0. The molecule has 1 aliphatic carbocycles. The van der Waals surface area contributed by atoms with Crippen LogP contribution < -0.4 is 10.2 Å². The first-order chi connectivity index (χ1) is 14.2. The van der Waals surface area contributed by atoms with Gasteiger partial charge in [-0.25, -0.2) is 5.10 Å². The third-order valence-electron chi connectivity index (χ3n) is 5.05. The summed E-state index contributed by atoms with van der Waals surface area (Å²) in [6.45, 7) is 2.58. The number of hydrogen-bond acceptors (Lipinski definition) is 6. The van der Waals surface area contributed by atoms with Gasteiger partial charge in [-0.15, -0.1) is 5.10 Å². The Hall–Kier alpha value is -3.74. The molecule has 2 heterocycles. The minimum atomic E-state index is 0.00189. The third kappa shape index (κ3) is 3.10. The number of rotatable bonds is 4. The second kappa shape index (κ2) is 7.01. The molecule has 144 valence electrons. The minimum absolute atomic E-state index is 0.00189. The average molecular weight is 386 g/mol. The smallest absolute Gasteiger partial charge is 0.196 e. The van der Waals surface area contributed by atoms with Crippen molar-refractivity contribution in [2.75, 3.05) is 6.61 Å². The van der Waals surface area contributed by atoms with Crippen LogP contribution in [0, 0.1) is 0 Å². The van der Waals surface area contributed by atoms with Crippen molar-refractivity contribution in [3.63, 3.8) is 0 Å². The van der Waals surface area contributed by atoms with E-state index in [-0.39, 0.29) is 5.43 Å². The molecular formula is C22H18N4O3. The van der Waals surface area contributed by atoms with Gasteiger partial charge in [-0.3, -0.25) is 4.79 Å². The number of ether oxygens (including phenoxy) is 1. The summed E-state index contributed by atoms with van der Waals surface area (Å²) in [6.07, 6.45) is 3.50. The quantitative estimate of drug-likeness (QED) is 0.572. The summed E-state index contributed by atoms with van der Waals surface area (Å²) in [4.78, 5) is 13.1. The molecule has 0 amide bonds. The lowest BCUT2D eigenvalue weighted by atomic mass is 10.1. The van der Waals surface area contributed by atoms with Gasteiger partial charge in [-0.05, 0) is 77.7 Å². The van der Waals surface area contributed by atoms with E-state index in [1.54, 1.807) is 12.1 Å². The van der Waals surface area contributed by atoms with Crippen molar-refractivity contribution in [2.45, 2.75) is 19.8 Å². The first kappa shape index (κ1) is 17.4. The number of benzene rings is 2. The first-order valence-corrected chi connectivity index (χ1v) is 9.50. The molecule has 2 aromatic carbocycles. The molecule has 4 aromatic rings. The van der Waals surface area contributed by atoms with Gasteiger partial charge in [0.2, 0.25) is 0 Å². The lowest BCUT2D eigenvalue weighted by molar-refractivity contribution is 0.340. The molecule has 2 aromatic heterocycles. The van der Waals surface area contributed by atoms with Gasteiger partial charge in [0, 0.05) is 11.1 Å². The monoisotopic (exact) mass is 386 g/mol. The van der Waals surface area contributed by atoms with Crippen LogP contribution in [-0.4, -0.2) is 27.2 Å². The van der Waals surface area contributed by atoms with Crippen molar-refractivity contribution in [1.82, 2.24) is 20.6 Å². The maximum atomic E-state index is 13.1. The molecule has 5 rings (SSSR count). The van der Waals surface area contributed by atoms with Gasteiger partial charge in [0.05, 0.1) is 12.0 Å². The van der Waals surface area contributed by atoms with Crippen LogP contribution in [0.25, 0.3) is 34.0 Å². The minimum Gasteiger partial charge on any atom is -0.494 e. The average Bonchev–Trinajstić information content (AvgIpc) is 3.40. The Kier molecular flexibility index (Phi) is 4.20. The fraction of sp³-hybridized carbons (Fsp3) is 0.182. The van der Waals surface area contributed by atoms with Crippen LogP contribution in [0.5, 0.6) is 5.75 Å². The lowest BCUT2D eigenvalue weighted by Gasteiger charge is -2.06. The highest BCUT2D eigenvalue weighted by atomic mass is 16.5. The normalized spacial score (nSPS) is 14.4. The maximum Gasteiger partial charge on any atom is 0.196 e. The fourth-order valence-corrected chi connectivity index (χ4v) is 3.72. The molecule has 0 radical (unpaired) electrons. The van der Waals surface area contributed by atoms with Crippen molar-refractivity contribution < 1.29 is 9.15 Å². The SMILES string of the molecule is CCOc1cccc(C=C2CCc3c2oc2ccc(-c4nnn[nH]4)cc2c3=O)c1. The van der Waals surface area contributed by atoms with E-state index in [0.29, 0.717) is 35.6 Å². The highest BCUT2D eigenvalue weighted by molar-refractivity contribution is 5.88. The van der Waals surface area contributed by atoms with E-state index < -0.39 is 0 Å². The van der Waals surface area contributed by atoms with Crippen molar-refractivity contribution in [2.24, 2.45) is 0 Å². The Morgan fingerprint density at radius 2 is 2.14 bits per heavy atom. The third-order valence-corrected chi connectivity index (χ3v) is 5.05. The first-order valence-electron chi connectivity index (χ1n) is 9.50. The van der Waals surface area contributed by atoms with E-state index >= 15 is 0 Å². The Bertz CT molecular complexity index is 1290. The van der Waals surface area contributed by atoms with Crippen LogP contribution in [0.3, 0.4) is 0 Å². The number of nitrogens with one attached hydrogen (secondary N) is 1. The zero-order valence-corrected chi connectivity index (χ0v) is 15.8. The zero-order chi connectivity index (χ0) is 19.8. The van der Waals surface area contributed by atoms with E-state index in [2.05, 4.69) is 26.7 Å². The molecule has 0 saturated carbocycles. The number of H-pyrrole nitrogens is 1. The Labute approximate surface area is 166 Å². The fourth-order valence-electron chi connectivity index (χ4n) is 3.72. The Balaban J connectivity index is 1.59. The summed E-state index contributed by atoms with van der Waals surface area (Å²) in [5.74, 6) is 2.02. The number of hydrogen-bond donors (Lipinski definition) is 1. The summed E-state index contributed by atoms with van der Waals surface area (Å²) >= 11 is 0. The van der Waals surface area contributed by atoms with Gasteiger partial charge in [-0.1, -0.05) is 12.1 Å². The molecule has 0 atom stereocenters. The number of fused-ring (bicyclic) bond motifs is 2. The molecule has 7 nitrogen and oxygen atoms in total. The molecule has 7 heteroatoms. The summed E-state index contributed by atoms with van der Waals surface area (Å²) in [5.41, 5.74) is 4.07. The van der Waals surface area contributed by atoms with Crippen LogP contribution in [0.15, 0.2) is 51.7 Å². The number of nitrogens with zero attached hydrogens (tertiary/aromatic N) is 3. The van der Waals surface area contributed by atoms with Gasteiger partial charge in [-0.2, -0.15) is 0 Å². The van der Waals surface area contributed by atoms with E-state index in [1.165, 1.54) is 0 Å². The van der Waals surface area contributed by atoms with Crippen LogP contribution in [0.2, 0.25) is 0 Å². The molecule has 0 fully saturated rings. The van der Waals surface area contributed by atoms with Crippen LogP contribution >= 0.6 is 0 Å². The molecule has 29 heavy (non-hydrogen) atoms. The number of allylic oxidation sites excluding steroid dienone is 1. The maximum absolute atomic E-state index is 13.1. The predicted molar refractivity (Wildman–Crippen MR) is 109 cm³/mol. The highest BCUT2D eigenvalue weighted by Crippen LogP contribution is 2.35. The second-order valence-corrected chi connectivity index (χ2v) is 6.87. The summed E-state index contributed by atoms with van der Waals surface area (Å²) in [5, 5.41) is 14.3. The van der Waals surface area contributed by atoms with E-state index in [9.17, 15) is 4.79 Å². The molecule has 0 unspecified atom stereocenters. The van der Waals surface area contributed by atoms with E-state index in [4.69, 9.17) is 9.15 Å². The van der Waals surface area contributed by atoms with E-state index in [0.717, 1.165) is 34.4 Å². The lowest BCUT2D eigenvalue weighted by Crippen LogP contribution is -2.08. The molecular weight excluding hydrogens is 368 g/mol. The standard InChI is InChI=1S/C22H18N4O3/c1-2-28-16-5-3-4-13(11-16)10-14-6-8-17-20(27)18-12-15(22-23-25-26-24-22)7-9-19(18)29-21(14)17/h3-5,7,9-12H,2,6,8H2,1H3,(H,23,24,25,26). The largest absolute Gasteiger partial charge is 0.494 e. The van der Waals surface area contributed by atoms with Crippen LogP contribution in [0.4, 0.5) is 0 Å². The molecule has 0 aliphatic heterocycles. The number of tetrazole rings is 1. The second-order valence-electron chi connectivity index (χ2n) is 6.87. The molecule has 1 aliphatic rings. The zero-order valence-electron chi connectivity index (χ0n) is 15.8. The molecule has 1 N–H and O–H groups in total. The van der Waals surface area contributed by atoms with Gasteiger partial charge >= 0.3 is 0 Å². The van der Waals surface area contributed by atoms with Gasteiger partial charge in [0.1, 0.15) is 17.1 Å². The van der Waals surface area contributed by atoms with E-state index in [1.807, 2.05) is 37.3 Å². The van der Waals surface area contributed by atoms with Gasteiger partial charge in [0.15, 0.2) is 11.3 Å². The molecule has 0 bridgehead atoms. The molecule has 0 spiro atoms. The van der Waals surface area contributed by atoms with Gasteiger partial charge < -0.3 is 9.15 Å². The summed E-state index contributed by atoms with van der Waals surface area (Å²) in [6, 6.07) is 13.3. The highest BCUT2D eigenvalue weighted by Gasteiger charge is 2.24. The Morgan fingerprint density at radius 1 is 1.21 bits per heavy atom.